The topological polar surface area (TPSA) is 70.6 Å². The van der Waals surface area contributed by atoms with E-state index in [1.54, 1.807) is 17.0 Å². The smallest absolute Gasteiger partial charge is 0.280 e. The van der Waals surface area contributed by atoms with Crippen LogP contribution in [0.15, 0.2) is 18.3 Å². The first kappa shape index (κ1) is 12.8. The molecule has 1 aromatic rings. The third-order valence-corrected chi connectivity index (χ3v) is 3.74. The number of fused-ring (bicyclic) bond motifs is 1. The van der Waals surface area contributed by atoms with Crippen LogP contribution in [0.5, 0.6) is 0 Å². The first-order chi connectivity index (χ1) is 9.68. The third kappa shape index (κ3) is 2.07. The number of hydrogen-bond donors (Lipinski definition) is 0. The second-order valence-electron chi connectivity index (χ2n) is 5.00. The van der Waals surface area contributed by atoms with Gasteiger partial charge in [-0.25, -0.2) is 0 Å². The molecule has 104 valence electrons. The van der Waals surface area contributed by atoms with Crippen LogP contribution in [0, 0.1) is 0 Å². The maximum absolute atomic E-state index is 12.1. The van der Waals surface area contributed by atoms with E-state index in [1.807, 2.05) is 0 Å². The van der Waals surface area contributed by atoms with Gasteiger partial charge in [-0.1, -0.05) is 0 Å². The van der Waals surface area contributed by atoms with Crippen molar-refractivity contribution in [3.63, 3.8) is 0 Å². The number of hydrogen-bond acceptors (Lipinski definition) is 4. The van der Waals surface area contributed by atoms with Crippen LogP contribution in [-0.2, 0) is 4.79 Å². The molecule has 0 saturated carbocycles. The standard InChI is InChI=1S/C14H15N3O3/c18-11(16-7-1-2-8-16)5-9-17-13(19)10-4-3-6-15-12(10)14(17)20/h3-4,6H,1-2,5,7-9H2. The summed E-state index contributed by atoms with van der Waals surface area (Å²) in [5.41, 5.74) is 0.511. The maximum Gasteiger partial charge on any atom is 0.280 e. The number of carbonyl (C=O) groups excluding carboxylic acids is 3. The first-order valence-corrected chi connectivity index (χ1v) is 6.77. The molecule has 1 saturated heterocycles. The van der Waals surface area contributed by atoms with Gasteiger partial charge in [0.25, 0.3) is 11.8 Å². The van der Waals surface area contributed by atoms with E-state index in [0.717, 1.165) is 30.8 Å². The zero-order chi connectivity index (χ0) is 14.1. The van der Waals surface area contributed by atoms with Gasteiger partial charge in [-0.05, 0) is 25.0 Å². The highest BCUT2D eigenvalue weighted by molar-refractivity contribution is 6.20. The lowest BCUT2D eigenvalue weighted by atomic mass is 10.2. The maximum atomic E-state index is 12.1. The molecular weight excluding hydrogens is 258 g/mol. The lowest BCUT2D eigenvalue weighted by Gasteiger charge is -2.18. The molecular formula is C14H15N3O3. The molecule has 0 N–H and O–H groups in total. The van der Waals surface area contributed by atoms with Crippen LogP contribution in [0.25, 0.3) is 0 Å². The van der Waals surface area contributed by atoms with Crippen LogP contribution in [0.2, 0.25) is 0 Å². The molecule has 1 aromatic heterocycles. The van der Waals surface area contributed by atoms with Gasteiger partial charge < -0.3 is 4.90 Å². The fraction of sp³-hybridized carbons (Fsp3) is 0.429. The highest BCUT2D eigenvalue weighted by Crippen LogP contribution is 2.20. The summed E-state index contributed by atoms with van der Waals surface area (Å²) in [5.74, 6) is -0.751. The number of nitrogens with zero attached hydrogens (tertiary/aromatic N) is 3. The summed E-state index contributed by atoms with van der Waals surface area (Å²) in [6.45, 7) is 1.69. The van der Waals surface area contributed by atoms with Crippen molar-refractivity contribution in [1.29, 1.82) is 0 Å². The highest BCUT2D eigenvalue weighted by atomic mass is 16.2. The molecule has 2 aliphatic rings. The Kier molecular flexibility index (Phi) is 3.22. The van der Waals surface area contributed by atoms with Crippen molar-refractivity contribution in [2.24, 2.45) is 0 Å². The Bertz CT molecular complexity index is 544. The number of imide groups is 1. The largest absolute Gasteiger partial charge is 0.343 e. The molecule has 0 aromatic carbocycles. The minimum absolute atomic E-state index is 0.00650. The van der Waals surface area contributed by atoms with E-state index in [1.165, 1.54) is 6.20 Å². The normalized spacial score (nSPS) is 17.8. The molecule has 1 fully saturated rings. The predicted octanol–water partition coefficient (Wildman–Crippen LogP) is 0.690. The van der Waals surface area contributed by atoms with E-state index in [4.69, 9.17) is 0 Å². The molecule has 6 heteroatoms. The summed E-state index contributed by atoms with van der Waals surface area (Å²) in [5, 5.41) is 0. The van der Waals surface area contributed by atoms with Gasteiger partial charge in [0.1, 0.15) is 5.69 Å². The van der Waals surface area contributed by atoms with Gasteiger partial charge in [0.2, 0.25) is 5.91 Å². The number of pyridine rings is 1. The molecule has 20 heavy (non-hydrogen) atoms. The number of carbonyl (C=O) groups is 3. The van der Waals surface area contributed by atoms with Gasteiger partial charge in [-0.3, -0.25) is 24.3 Å². The van der Waals surface area contributed by atoms with E-state index >= 15 is 0 Å². The minimum Gasteiger partial charge on any atom is -0.343 e. The summed E-state index contributed by atoms with van der Waals surface area (Å²) in [6, 6.07) is 3.22. The van der Waals surface area contributed by atoms with E-state index < -0.39 is 5.91 Å². The summed E-state index contributed by atoms with van der Waals surface area (Å²) in [6.07, 6.45) is 3.74. The van der Waals surface area contributed by atoms with Crippen LogP contribution in [0.4, 0.5) is 0 Å². The molecule has 0 radical (unpaired) electrons. The third-order valence-electron chi connectivity index (χ3n) is 3.74. The molecule has 0 unspecified atom stereocenters. The Hall–Kier alpha value is -2.24. The second kappa shape index (κ2) is 5.03. The molecule has 2 aliphatic heterocycles. The van der Waals surface area contributed by atoms with Crippen LogP contribution in [-0.4, -0.2) is 52.1 Å². The van der Waals surface area contributed by atoms with Crippen molar-refractivity contribution in [1.82, 2.24) is 14.8 Å². The quantitative estimate of drug-likeness (QED) is 0.760. The Labute approximate surface area is 116 Å². The average molecular weight is 273 g/mol. The Balaban J connectivity index is 1.66. The number of aromatic nitrogens is 1. The average Bonchev–Trinajstić information content (AvgIpc) is 3.07. The van der Waals surface area contributed by atoms with E-state index in [9.17, 15) is 14.4 Å². The van der Waals surface area contributed by atoms with E-state index in [2.05, 4.69) is 4.98 Å². The summed E-state index contributed by atoms with van der Waals surface area (Å²) in [4.78, 5) is 42.9. The predicted molar refractivity (Wildman–Crippen MR) is 70.0 cm³/mol. The molecule has 0 spiro atoms. The van der Waals surface area contributed by atoms with Gasteiger partial charge in [-0.15, -0.1) is 0 Å². The Morgan fingerprint density at radius 3 is 2.65 bits per heavy atom. The molecule has 0 bridgehead atoms. The molecule has 3 heterocycles. The van der Waals surface area contributed by atoms with Crippen molar-refractivity contribution >= 4 is 17.7 Å². The fourth-order valence-electron chi connectivity index (χ4n) is 2.65. The van der Waals surface area contributed by atoms with Crippen LogP contribution in [0.3, 0.4) is 0 Å². The fourth-order valence-corrected chi connectivity index (χ4v) is 2.65. The molecule has 3 amide bonds. The Morgan fingerprint density at radius 1 is 1.20 bits per heavy atom. The molecule has 0 atom stereocenters. The van der Waals surface area contributed by atoms with Crippen molar-refractivity contribution in [2.45, 2.75) is 19.3 Å². The van der Waals surface area contributed by atoms with Crippen LogP contribution >= 0.6 is 0 Å². The highest BCUT2D eigenvalue weighted by Gasteiger charge is 2.36. The molecule has 6 nitrogen and oxygen atoms in total. The monoisotopic (exact) mass is 273 g/mol. The lowest BCUT2D eigenvalue weighted by molar-refractivity contribution is -0.130. The summed E-state index contributed by atoms with van der Waals surface area (Å²) >= 11 is 0. The Morgan fingerprint density at radius 2 is 1.95 bits per heavy atom. The molecule has 3 rings (SSSR count). The minimum atomic E-state index is -0.403. The van der Waals surface area contributed by atoms with Crippen LogP contribution < -0.4 is 0 Å². The van der Waals surface area contributed by atoms with Crippen LogP contribution in [0.1, 0.15) is 40.1 Å². The second-order valence-corrected chi connectivity index (χ2v) is 5.00. The van der Waals surface area contributed by atoms with Gasteiger partial charge in [0.05, 0.1) is 5.56 Å². The first-order valence-electron chi connectivity index (χ1n) is 6.77. The number of amides is 3. The van der Waals surface area contributed by atoms with Gasteiger partial charge in [-0.2, -0.15) is 0 Å². The lowest BCUT2D eigenvalue weighted by Crippen LogP contribution is -2.35. The molecule has 0 aliphatic carbocycles. The van der Waals surface area contributed by atoms with E-state index in [-0.39, 0.29) is 30.5 Å². The number of rotatable bonds is 3. The van der Waals surface area contributed by atoms with Gasteiger partial charge >= 0.3 is 0 Å². The van der Waals surface area contributed by atoms with Gasteiger partial charge in [0, 0.05) is 32.3 Å². The summed E-state index contributed by atoms with van der Waals surface area (Å²) in [7, 11) is 0. The van der Waals surface area contributed by atoms with E-state index in [0.29, 0.717) is 5.56 Å². The van der Waals surface area contributed by atoms with Crippen molar-refractivity contribution in [2.75, 3.05) is 19.6 Å². The SMILES string of the molecule is O=C(CCN1C(=O)c2cccnc2C1=O)N1CCCC1. The van der Waals surface area contributed by atoms with Crippen molar-refractivity contribution in [3.05, 3.63) is 29.6 Å². The van der Waals surface area contributed by atoms with Crippen molar-refractivity contribution < 1.29 is 14.4 Å². The zero-order valence-corrected chi connectivity index (χ0v) is 11.0. The number of likely N-dealkylation sites (tertiary alicyclic amines) is 1. The van der Waals surface area contributed by atoms with Gasteiger partial charge in [0.15, 0.2) is 0 Å². The van der Waals surface area contributed by atoms with Crippen molar-refractivity contribution in [3.8, 4) is 0 Å². The summed E-state index contributed by atoms with van der Waals surface area (Å²) < 4.78 is 0. The zero-order valence-electron chi connectivity index (χ0n) is 11.0.